The quantitative estimate of drug-likeness (QED) is 0.693. The van der Waals surface area contributed by atoms with Crippen molar-refractivity contribution >= 4 is 46.7 Å². The fourth-order valence-electron chi connectivity index (χ4n) is 3.40. The third-order valence-electron chi connectivity index (χ3n) is 4.95. The van der Waals surface area contributed by atoms with E-state index in [1.54, 1.807) is 47.2 Å². The van der Waals surface area contributed by atoms with E-state index in [0.29, 0.717) is 34.6 Å². The van der Waals surface area contributed by atoms with Crippen molar-refractivity contribution in [2.75, 3.05) is 13.6 Å². The van der Waals surface area contributed by atoms with E-state index in [1.165, 1.54) is 0 Å². The van der Waals surface area contributed by atoms with E-state index in [4.69, 9.17) is 34.8 Å². The van der Waals surface area contributed by atoms with Gasteiger partial charge >= 0.3 is 6.03 Å². The number of likely N-dealkylation sites (tertiary alicyclic amines) is 1. The van der Waals surface area contributed by atoms with Crippen molar-refractivity contribution in [1.29, 1.82) is 0 Å². The summed E-state index contributed by atoms with van der Waals surface area (Å²) in [6, 6.07) is 11.8. The molecule has 5 nitrogen and oxygen atoms in total. The van der Waals surface area contributed by atoms with Crippen LogP contribution in [0.3, 0.4) is 0 Å². The molecule has 3 rings (SSSR count). The molecule has 0 aromatic heterocycles. The molecule has 1 fully saturated rings. The maximum atomic E-state index is 12.9. The molecule has 8 heteroatoms. The lowest BCUT2D eigenvalue weighted by molar-refractivity contribution is -0.134. The highest BCUT2D eigenvalue weighted by Gasteiger charge is 2.35. The van der Waals surface area contributed by atoms with Gasteiger partial charge in [0.25, 0.3) is 0 Å². The van der Waals surface area contributed by atoms with Crippen LogP contribution in [0.4, 0.5) is 4.79 Å². The molecule has 0 bridgehead atoms. The zero-order valence-electron chi connectivity index (χ0n) is 16.0. The molecule has 1 N–H and O–H groups in total. The van der Waals surface area contributed by atoms with Crippen LogP contribution >= 0.6 is 34.8 Å². The minimum absolute atomic E-state index is 0.0721. The van der Waals surface area contributed by atoms with Gasteiger partial charge in [-0.15, -0.1) is 0 Å². The number of hydrogen-bond acceptors (Lipinski definition) is 2. The number of carbonyl (C=O) groups is 2. The third-order valence-corrected chi connectivity index (χ3v) is 5.79. The van der Waals surface area contributed by atoms with E-state index >= 15 is 0 Å². The summed E-state index contributed by atoms with van der Waals surface area (Å²) < 4.78 is 0. The Morgan fingerprint density at radius 1 is 1.10 bits per heavy atom. The number of rotatable bonds is 5. The number of benzene rings is 2. The fraction of sp³-hybridized carbons (Fsp3) is 0.333. The molecule has 1 heterocycles. The summed E-state index contributed by atoms with van der Waals surface area (Å²) in [5, 5.41) is 4.55. The van der Waals surface area contributed by atoms with Gasteiger partial charge in [-0.25, -0.2) is 4.79 Å². The predicted octanol–water partition coefficient (Wildman–Crippen LogP) is 4.98. The molecule has 0 saturated carbocycles. The fourth-order valence-corrected chi connectivity index (χ4v) is 4.00. The van der Waals surface area contributed by atoms with Crippen molar-refractivity contribution in [3.05, 3.63) is 68.7 Å². The van der Waals surface area contributed by atoms with Gasteiger partial charge in [-0.3, -0.25) is 4.79 Å². The lowest BCUT2D eigenvalue weighted by Gasteiger charge is -2.28. The van der Waals surface area contributed by atoms with E-state index in [-0.39, 0.29) is 18.5 Å². The molecule has 0 aliphatic carbocycles. The Kier molecular flexibility index (Phi) is 7.28. The zero-order chi connectivity index (χ0) is 21.0. The van der Waals surface area contributed by atoms with E-state index in [2.05, 4.69) is 5.32 Å². The number of nitrogens with zero attached hydrogens (tertiary/aromatic N) is 2. The van der Waals surface area contributed by atoms with Gasteiger partial charge in [0, 0.05) is 41.7 Å². The average Bonchev–Trinajstić information content (AvgIpc) is 3.18. The van der Waals surface area contributed by atoms with E-state index < -0.39 is 6.04 Å². The summed E-state index contributed by atoms with van der Waals surface area (Å²) in [6.45, 7) is 1.28. The second-order valence-electron chi connectivity index (χ2n) is 7.07. The normalized spacial score (nSPS) is 16.0. The topological polar surface area (TPSA) is 52.7 Å². The number of hydrogen-bond donors (Lipinski definition) is 1. The second kappa shape index (κ2) is 9.70. The molecule has 1 aliphatic rings. The average molecular weight is 455 g/mol. The number of nitrogens with one attached hydrogen (secondary N) is 1. The largest absolute Gasteiger partial charge is 0.340 e. The molecule has 2 aromatic rings. The number of likely N-dealkylation sites (N-methyl/N-ethyl adjacent to an activating group) is 1. The first kappa shape index (κ1) is 21.8. The molecular formula is C21H22Cl3N3O2. The molecule has 0 radical (unpaired) electrons. The molecule has 1 atom stereocenters. The minimum atomic E-state index is -0.465. The predicted molar refractivity (Wildman–Crippen MR) is 116 cm³/mol. The molecule has 29 heavy (non-hydrogen) atoms. The number of amides is 3. The highest BCUT2D eigenvalue weighted by Crippen LogP contribution is 2.23. The van der Waals surface area contributed by atoms with Crippen molar-refractivity contribution in [3.63, 3.8) is 0 Å². The zero-order valence-corrected chi connectivity index (χ0v) is 18.3. The van der Waals surface area contributed by atoms with Crippen LogP contribution in [0.25, 0.3) is 0 Å². The number of carbonyl (C=O) groups excluding carboxylic acids is 2. The van der Waals surface area contributed by atoms with Gasteiger partial charge in [0.15, 0.2) is 0 Å². The van der Waals surface area contributed by atoms with Crippen LogP contribution in [0.1, 0.15) is 24.0 Å². The van der Waals surface area contributed by atoms with Crippen LogP contribution in [0, 0.1) is 0 Å². The molecular weight excluding hydrogens is 433 g/mol. The molecule has 154 valence electrons. The van der Waals surface area contributed by atoms with Crippen molar-refractivity contribution < 1.29 is 9.59 Å². The van der Waals surface area contributed by atoms with Crippen molar-refractivity contribution in [1.82, 2.24) is 15.1 Å². The smallest absolute Gasteiger partial charge is 0.318 e. The Morgan fingerprint density at radius 2 is 1.79 bits per heavy atom. The van der Waals surface area contributed by atoms with Crippen molar-refractivity contribution in [2.45, 2.75) is 32.0 Å². The maximum absolute atomic E-state index is 12.9. The molecule has 1 saturated heterocycles. The summed E-state index contributed by atoms with van der Waals surface area (Å²) >= 11 is 18.0. The second-order valence-corrected chi connectivity index (χ2v) is 8.35. The van der Waals surface area contributed by atoms with Crippen molar-refractivity contribution in [3.8, 4) is 0 Å². The van der Waals surface area contributed by atoms with Crippen LogP contribution in [-0.2, 0) is 17.9 Å². The molecule has 1 aliphatic heterocycles. The van der Waals surface area contributed by atoms with Gasteiger partial charge in [-0.05, 0) is 48.2 Å². The highest BCUT2D eigenvalue weighted by atomic mass is 35.5. The summed E-state index contributed by atoms with van der Waals surface area (Å²) in [5.41, 5.74) is 1.75. The van der Waals surface area contributed by atoms with Crippen LogP contribution in [0.15, 0.2) is 42.5 Å². The Balaban J connectivity index is 1.59. The molecule has 0 unspecified atom stereocenters. The maximum Gasteiger partial charge on any atom is 0.318 e. The van der Waals surface area contributed by atoms with Crippen LogP contribution in [0.2, 0.25) is 15.1 Å². The van der Waals surface area contributed by atoms with Crippen LogP contribution in [0.5, 0.6) is 0 Å². The lowest BCUT2D eigenvalue weighted by Crippen LogP contribution is -2.49. The van der Waals surface area contributed by atoms with E-state index in [1.807, 2.05) is 12.1 Å². The van der Waals surface area contributed by atoms with Gasteiger partial charge in [0.05, 0.1) is 0 Å². The first-order valence-electron chi connectivity index (χ1n) is 9.33. The van der Waals surface area contributed by atoms with Gasteiger partial charge in [0.2, 0.25) is 5.91 Å². The van der Waals surface area contributed by atoms with E-state index in [0.717, 1.165) is 17.5 Å². The third kappa shape index (κ3) is 5.56. The highest BCUT2D eigenvalue weighted by molar-refractivity contribution is 6.35. The number of halogens is 3. The Morgan fingerprint density at radius 3 is 2.48 bits per heavy atom. The SMILES string of the molecule is CN(Cc1ccc(Cl)cc1)C(=O)[C@H]1CCCN1C(=O)NCc1ccc(Cl)cc1Cl. The van der Waals surface area contributed by atoms with Gasteiger partial charge in [-0.1, -0.05) is 53.0 Å². The monoisotopic (exact) mass is 453 g/mol. The first-order chi connectivity index (χ1) is 13.8. The Hall–Kier alpha value is -1.95. The summed E-state index contributed by atoms with van der Waals surface area (Å²) in [7, 11) is 1.75. The summed E-state index contributed by atoms with van der Waals surface area (Å²) in [5.74, 6) is -0.0721. The van der Waals surface area contributed by atoms with E-state index in [9.17, 15) is 9.59 Å². The molecule has 2 aromatic carbocycles. The van der Waals surface area contributed by atoms with Crippen molar-refractivity contribution in [2.24, 2.45) is 0 Å². The Bertz CT molecular complexity index is 889. The Labute approximate surface area is 185 Å². The summed E-state index contributed by atoms with van der Waals surface area (Å²) in [4.78, 5) is 28.9. The number of urea groups is 1. The van der Waals surface area contributed by atoms with Gasteiger partial charge < -0.3 is 15.1 Å². The minimum Gasteiger partial charge on any atom is -0.340 e. The molecule has 3 amide bonds. The van der Waals surface area contributed by atoms with Crippen LogP contribution < -0.4 is 5.32 Å². The summed E-state index contributed by atoms with van der Waals surface area (Å²) in [6.07, 6.45) is 1.44. The van der Waals surface area contributed by atoms with Gasteiger partial charge in [0.1, 0.15) is 6.04 Å². The standard InChI is InChI=1S/C21H22Cl3N3O2/c1-26(13-14-4-7-16(22)8-5-14)20(28)19-3-2-10-27(19)21(29)25-12-15-6-9-17(23)11-18(15)24/h4-9,11,19H,2-3,10,12-13H2,1H3,(H,25,29)/t19-/m1/s1. The molecule has 0 spiro atoms. The van der Waals surface area contributed by atoms with Gasteiger partial charge in [-0.2, -0.15) is 0 Å². The lowest BCUT2D eigenvalue weighted by atomic mass is 10.1. The van der Waals surface area contributed by atoms with Crippen LogP contribution in [-0.4, -0.2) is 41.4 Å². The first-order valence-corrected chi connectivity index (χ1v) is 10.5.